The Balaban J connectivity index is 2.70. The Morgan fingerprint density at radius 2 is 2.14 bits per heavy atom. The third-order valence-corrected chi connectivity index (χ3v) is 2.35. The number of anilines is 1. The average Bonchev–Trinajstić information content (AvgIpc) is 2.19. The van der Waals surface area contributed by atoms with E-state index in [0.717, 1.165) is 16.5 Å². The van der Waals surface area contributed by atoms with E-state index in [0.29, 0.717) is 10.8 Å². The maximum atomic E-state index is 8.94. The van der Waals surface area contributed by atoms with Crippen molar-refractivity contribution in [2.24, 2.45) is 0 Å². The largest absolute Gasteiger partial charge is 0.392 e. The predicted molar refractivity (Wildman–Crippen MR) is 57.1 cm³/mol. The van der Waals surface area contributed by atoms with Crippen LogP contribution >= 0.6 is 11.6 Å². The van der Waals surface area contributed by atoms with Crippen molar-refractivity contribution < 1.29 is 5.11 Å². The molecule has 2 aromatic rings. The molecule has 0 radical (unpaired) electrons. The second-order valence-electron chi connectivity index (χ2n) is 3.04. The predicted octanol–water partition coefficient (Wildman–Crippen LogP) is 1.96. The van der Waals surface area contributed by atoms with Gasteiger partial charge in [-0.1, -0.05) is 23.7 Å². The molecule has 0 amide bonds. The van der Waals surface area contributed by atoms with Crippen LogP contribution in [0.2, 0.25) is 5.02 Å². The Hall–Kier alpha value is -1.32. The number of aliphatic hydroxyl groups is 1. The summed E-state index contributed by atoms with van der Waals surface area (Å²) in [4.78, 5) is 4.12. The number of hydrogen-bond acceptors (Lipinski definition) is 3. The molecule has 0 aliphatic rings. The fourth-order valence-electron chi connectivity index (χ4n) is 1.30. The van der Waals surface area contributed by atoms with Crippen LogP contribution in [0.4, 0.5) is 5.82 Å². The van der Waals surface area contributed by atoms with Gasteiger partial charge in [-0.15, -0.1) is 0 Å². The van der Waals surface area contributed by atoms with E-state index >= 15 is 0 Å². The minimum Gasteiger partial charge on any atom is -0.392 e. The molecule has 0 aliphatic carbocycles. The molecular formula is C10H9ClN2O. The summed E-state index contributed by atoms with van der Waals surface area (Å²) in [5.74, 6) is 0.314. The number of halogens is 1. The Morgan fingerprint density at radius 1 is 1.36 bits per heavy atom. The van der Waals surface area contributed by atoms with Crippen molar-refractivity contribution in [3.63, 3.8) is 0 Å². The van der Waals surface area contributed by atoms with Crippen molar-refractivity contribution >= 4 is 28.3 Å². The number of pyridine rings is 1. The van der Waals surface area contributed by atoms with Crippen molar-refractivity contribution in [1.29, 1.82) is 0 Å². The molecule has 3 nitrogen and oxygen atoms in total. The van der Waals surface area contributed by atoms with Crippen molar-refractivity contribution in [2.75, 3.05) is 5.73 Å². The summed E-state index contributed by atoms with van der Waals surface area (Å²) in [6.07, 6.45) is 0. The lowest BCUT2D eigenvalue weighted by molar-refractivity contribution is 0.282. The van der Waals surface area contributed by atoms with E-state index in [4.69, 9.17) is 22.4 Å². The van der Waals surface area contributed by atoms with E-state index in [1.54, 1.807) is 12.1 Å². The molecule has 0 bridgehead atoms. The molecule has 1 heterocycles. The highest BCUT2D eigenvalue weighted by atomic mass is 35.5. The SMILES string of the molecule is Nc1nc2cc(CO)ccc2cc1Cl. The van der Waals surface area contributed by atoms with Gasteiger partial charge >= 0.3 is 0 Å². The molecule has 14 heavy (non-hydrogen) atoms. The number of fused-ring (bicyclic) bond motifs is 1. The van der Waals surface area contributed by atoms with Gasteiger partial charge in [0.1, 0.15) is 5.82 Å². The monoisotopic (exact) mass is 208 g/mol. The third-order valence-electron chi connectivity index (χ3n) is 2.05. The van der Waals surface area contributed by atoms with E-state index in [1.165, 1.54) is 0 Å². The van der Waals surface area contributed by atoms with Gasteiger partial charge in [0.2, 0.25) is 0 Å². The second-order valence-corrected chi connectivity index (χ2v) is 3.45. The molecule has 72 valence electrons. The van der Waals surface area contributed by atoms with Gasteiger partial charge in [-0.3, -0.25) is 0 Å². The van der Waals surface area contributed by atoms with Gasteiger partial charge in [-0.25, -0.2) is 4.98 Å². The van der Waals surface area contributed by atoms with Crippen LogP contribution in [0.1, 0.15) is 5.56 Å². The first-order valence-electron chi connectivity index (χ1n) is 4.16. The number of hydrogen-bond donors (Lipinski definition) is 2. The summed E-state index contributed by atoms with van der Waals surface area (Å²) in [6.45, 7) is 0.000150. The number of nitrogen functional groups attached to an aromatic ring is 1. The molecule has 0 aliphatic heterocycles. The number of rotatable bonds is 1. The first-order valence-corrected chi connectivity index (χ1v) is 4.54. The molecular weight excluding hydrogens is 200 g/mol. The topological polar surface area (TPSA) is 59.1 Å². The quantitative estimate of drug-likeness (QED) is 0.753. The van der Waals surface area contributed by atoms with Crippen molar-refractivity contribution in [1.82, 2.24) is 4.98 Å². The van der Waals surface area contributed by atoms with Gasteiger partial charge < -0.3 is 10.8 Å². The summed E-state index contributed by atoms with van der Waals surface area (Å²) in [6, 6.07) is 7.25. The number of aliphatic hydroxyl groups excluding tert-OH is 1. The van der Waals surface area contributed by atoms with Crippen LogP contribution in [0.3, 0.4) is 0 Å². The van der Waals surface area contributed by atoms with Crippen LogP contribution in [0.25, 0.3) is 10.9 Å². The number of nitrogens with two attached hydrogens (primary N) is 1. The second kappa shape index (κ2) is 3.44. The molecule has 0 spiro atoms. The minimum atomic E-state index is 0.000150. The number of nitrogens with zero attached hydrogens (tertiary/aromatic N) is 1. The maximum absolute atomic E-state index is 8.94. The van der Waals surface area contributed by atoms with Crippen LogP contribution < -0.4 is 5.73 Å². The molecule has 4 heteroatoms. The molecule has 3 N–H and O–H groups in total. The zero-order chi connectivity index (χ0) is 10.1. The smallest absolute Gasteiger partial charge is 0.142 e. The summed E-state index contributed by atoms with van der Waals surface area (Å²) in [5, 5.41) is 10.3. The average molecular weight is 209 g/mol. The van der Waals surface area contributed by atoms with Gasteiger partial charge in [0, 0.05) is 5.39 Å². The summed E-state index contributed by atoms with van der Waals surface area (Å²) in [7, 11) is 0. The first kappa shape index (κ1) is 9.24. The van der Waals surface area contributed by atoms with E-state index < -0.39 is 0 Å². The number of benzene rings is 1. The van der Waals surface area contributed by atoms with Crippen molar-refractivity contribution in [2.45, 2.75) is 6.61 Å². The van der Waals surface area contributed by atoms with E-state index in [2.05, 4.69) is 4.98 Å². The van der Waals surface area contributed by atoms with E-state index in [1.807, 2.05) is 12.1 Å². The molecule has 0 saturated carbocycles. The summed E-state index contributed by atoms with van der Waals surface area (Å²) < 4.78 is 0. The molecule has 0 saturated heterocycles. The van der Waals surface area contributed by atoms with Gasteiger partial charge in [-0.2, -0.15) is 0 Å². The van der Waals surface area contributed by atoms with Crippen molar-refractivity contribution in [3.8, 4) is 0 Å². The molecule has 0 fully saturated rings. The van der Waals surface area contributed by atoms with Crippen LogP contribution in [-0.4, -0.2) is 10.1 Å². The van der Waals surface area contributed by atoms with Gasteiger partial charge in [0.05, 0.1) is 17.1 Å². The van der Waals surface area contributed by atoms with Crippen LogP contribution in [0.15, 0.2) is 24.3 Å². The highest BCUT2D eigenvalue weighted by Gasteiger charge is 2.02. The molecule has 1 aromatic heterocycles. The molecule has 1 aromatic carbocycles. The minimum absolute atomic E-state index is 0.000150. The summed E-state index contributed by atoms with van der Waals surface area (Å²) in [5.41, 5.74) is 7.13. The fraction of sp³-hybridized carbons (Fsp3) is 0.100. The zero-order valence-corrected chi connectivity index (χ0v) is 8.12. The zero-order valence-electron chi connectivity index (χ0n) is 7.37. The normalized spacial score (nSPS) is 10.7. The standard InChI is InChI=1S/C10H9ClN2O/c11-8-4-7-2-1-6(5-14)3-9(7)13-10(8)12/h1-4,14H,5H2,(H2,12,13). The Bertz CT molecular complexity index is 485. The third kappa shape index (κ3) is 1.52. The molecule has 2 rings (SSSR count). The Morgan fingerprint density at radius 3 is 2.86 bits per heavy atom. The molecule has 0 unspecified atom stereocenters. The molecule has 0 atom stereocenters. The van der Waals surface area contributed by atoms with Crippen molar-refractivity contribution in [3.05, 3.63) is 34.9 Å². The van der Waals surface area contributed by atoms with Crippen LogP contribution in [0, 0.1) is 0 Å². The highest BCUT2D eigenvalue weighted by Crippen LogP contribution is 2.23. The van der Waals surface area contributed by atoms with Gasteiger partial charge in [0.15, 0.2) is 0 Å². The van der Waals surface area contributed by atoms with Gasteiger partial charge in [0.25, 0.3) is 0 Å². The Kier molecular flexibility index (Phi) is 2.27. The Labute approximate surface area is 86.1 Å². The summed E-state index contributed by atoms with van der Waals surface area (Å²) >= 11 is 5.82. The highest BCUT2D eigenvalue weighted by molar-refractivity contribution is 6.33. The lowest BCUT2D eigenvalue weighted by atomic mass is 10.1. The lowest BCUT2D eigenvalue weighted by Crippen LogP contribution is -1.92. The number of aromatic nitrogens is 1. The van der Waals surface area contributed by atoms with Gasteiger partial charge in [-0.05, 0) is 17.7 Å². The maximum Gasteiger partial charge on any atom is 0.142 e. The van der Waals surface area contributed by atoms with E-state index in [-0.39, 0.29) is 6.61 Å². The van der Waals surface area contributed by atoms with Crippen LogP contribution in [-0.2, 0) is 6.61 Å². The van der Waals surface area contributed by atoms with Crippen LogP contribution in [0.5, 0.6) is 0 Å². The lowest BCUT2D eigenvalue weighted by Gasteiger charge is -2.02. The first-order chi connectivity index (χ1) is 6.70. The van der Waals surface area contributed by atoms with E-state index in [9.17, 15) is 0 Å². The fourth-order valence-corrected chi connectivity index (χ4v) is 1.46.